The molecule has 2 aromatic rings. The molecule has 1 heterocycles. The van der Waals surface area contributed by atoms with Crippen molar-refractivity contribution in [1.82, 2.24) is 0 Å². The molecule has 0 unspecified atom stereocenters. The van der Waals surface area contributed by atoms with Crippen LogP contribution >= 0.6 is 0 Å². The van der Waals surface area contributed by atoms with E-state index in [1.807, 2.05) is 36.4 Å². The summed E-state index contributed by atoms with van der Waals surface area (Å²) < 4.78 is 6.45. The van der Waals surface area contributed by atoms with Crippen LogP contribution in [0.1, 0.15) is 36.8 Å². The number of ketones is 1. The molecule has 0 atom stereocenters. The van der Waals surface area contributed by atoms with Gasteiger partial charge in [-0.05, 0) is 6.42 Å². The van der Waals surface area contributed by atoms with Gasteiger partial charge in [-0.25, -0.2) is 0 Å². The molecule has 0 spiro atoms. The maximum absolute atomic E-state index is 12.3. The molecule has 0 N–H and O–H groups in total. The molecule has 1 aliphatic carbocycles. The maximum atomic E-state index is 12.3. The van der Waals surface area contributed by atoms with Gasteiger partial charge in [-0.2, -0.15) is 0 Å². The molecule has 0 saturated carbocycles. The number of carbonyl (C=O) groups excluding carboxylic acids is 1. The highest BCUT2D eigenvalue weighted by molar-refractivity contribution is 5.97. The van der Waals surface area contributed by atoms with E-state index in [0.717, 1.165) is 35.3 Å². The van der Waals surface area contributed by atoms with Gasteiger partial charge in [0, 0.05) is 36.0 Å². The summed E-state index contributed by atoms with van der Waals surface area (Å²) >= 11 is 0. The highest BCUT2D eigenvalue weighted by Gasteiger charge is 2.46. The van der Waals surface area contributed by atoms with E-state index in [4.69, 9.17) is 4.74 Å². The standard InChI is InChI=1S/C20H18O2/c21-18-12-7-13-19-17(18)14-20(22-19,15-8-3-1-4-9-15)16-10-5-2-6-11-16/h1-6,8-11H,7,12-14H2. The summed E-state index contributed by atoms with van der Waals surface area (Å²) in [6, 6.07) is 20.5. The van der Waals surface area contributed by atoms with Gasteiger partial charge >= 0.3 is 0 Å². The Morgan fingerprint density at radius 2 is 1.41 bits per heavy atom. The number of Topliss-reactive ketones (excluding diaryl/α,β-unsaturated/α-hetero) is 1. The van der Waals surface area contributed by atoms with E-state index < -0.39 is 5.60 Å². The van der Waals surface area contributed by atoms with Gasteiger partial charge in [0.05, 0.1) is 0 Å². The first-order valence-electron chi connectivity index (χ1n) is 7.85. The monoisotopic (exact) mass is 290 g/mol. The molecule has 0 saturated heterocycles. The van der Waals surface area contributed by atoms with E-state index in [1.165, 1.54) is 0 Å². The summed E-state index contributed by atoms with van der Waals surface area (Å²) in [5.41, 5.74) is 2.58. The van der Waals surface area contributed by atoms with E-state index >= 15 is 0 Å². The number of carbonyl (C=O) groups is 1. The predicted octanol–water partition coefficient (Wildman–Crippen LogP) is 4.36. The Hall–Kier alpha value is -2.35. The fourth-order valence-corrected chi connectivity index (χ4v) is 3.58. The third-order valence-electron chi connectivity index (χ3n) is 4.68. The second-order valence-electron chi connectivity index (χ2n) is 6.02. The van der Waals surface area contributed by atoms with Crippen molar-refractivity contribution in [3.05, 3.63) is 83.1 Å². The minimum atomic E-state index is -0.548. The van der Waals surface area contributed by atoms with Crippen LogP contribution in [0.3, 0.4) is 0 Å². The van der Waals surface area contributed by atoms with Crippen LogP contribution in [-0.4, -0.2) is 5.78 Å². The topological polar surface area (TPSA) is 26.3 Å². The predicted molar refractivity (Wildman–Crippen MR) is 85.3 cm³/mol. The zero-order valence-corrected chi connectivity index (χ0v) is 12.4. The number of hydrogen-bond acceptors (Lipinski definition) is 2. The van der Waals surface area contributed by atoms with Gasteiger partial charge < -0.3 is 4.74 Å². The molecule has 0 bridgehead atoms. The molecular formula is C20H18O2. The van der Waals surface area contributed by atoms with Crippen molar-refractivity contribution in [3.8, 4) is 0 Å². The average Bonchev–Trinajstić information content (AvgIpc) is 2.99. The molecule has 0 amide bonds. The first kappa shape index (κ1) is 13.3. The van der Waals surface area contributed by atoms with Crippen LogP contribution in [0.15, 0.2) is 72.0 Å². The van der Waals surface area contributed by atoms with E-state index in [2.05, 4.69) is 24.3 Å². The van der Waals surface area contributed by atoms with Gasteiger partial charge in [0.15, 0.2) is 11.4 Å². The Morgan fingerprint density at radius 1 is 0.818 bits per heavy atom. The third-order valence-corrected chi connectivity index (χ3v) is 4.68. The lowest BCUT2D eigenvalue weighted by Crippen LogP contribution is -2.27. The summed E-state index contributed by atoms with van der Waals surface area (Å²) in [5.74, 6) is 1.17. The Bertz CT molecular complexity index is 689. The molecule has 2 nitrogen and oxygen atoms in total. The summed E-state index contributed by atoms with van der Waals surface area (Å²) in [6.45, 7) is 0. The first-order chi connectivity index (χ1) is 10.8. The lowest BCUT2D eigenvalue weighted by molar-refractivity contribution is -0.116. The molecule has 2 aromatic carbocycles. The quantitative estimate of drug-likeness (QED) is 0.821. The van der Waals surface area contributed by atoms with Gasteiger partial charge in [-0.3, -0.25) is 4.79 Å². The normalized spacial score (nSPS) is 19.7. The molecule has 2 heteroatoms. The summed E-state index contributed by atoms with van der Waals surface area (Å²) in [6.07, 6.45) is 3.08. The van der Waals surface area contributed by atoms with E-state index in [-0.39, 0.29) is 5.78 Å². The minimum Gasteiger partial charge on any atom is -0.481 e. The van der Waals surface area contributed by atoms with Gasteiger partial charge in [-0.15, -0.1) is 0 Å². The lowest BCUT2D eigenvalue weighted by atomic mass is 9.81. The Kier molecular flexibility index (Phi) is 3.11. The second kappa shape index (κ2) is 5.13. The van der Waals surface area contributed by atoms with Crippen LogP contribution in [0.5, 0.6) is 0 Å². The minimum absolute atomic E-state index is 0.259. The molecule has 1 aliphatic heterocycles. The van der Waals surface area contributed by atoms with Crippen LogP contribution in [0, 0.1) is 0 Å². The fourth-order valence-electron chi connectivity index (χ4n) is 3.58. The highest BCUT2D eigenvalue weighted by Crippen LogP contribution is 2.49. The van der Waals surface area contributed by atoms with Gasteiger partial charge in [0.1, 0.15) is 5.76 Å². The highest BCUT2D eigenvalue weighted by atomic mass is 16.5. The number of allylic oxidation sites excluding steroid dienone is 1. The molecule has 110 valence electrons. The number of rotatable bonds is 2. The SMILES string of the molecule is O=C1CCCC2=C1CC(c1ccccc1)(c1ccccc1)O2. The smallest absolute Gasteiger partial charge is 0.163 e. The fraction of sp³-hybridized carbons (Fsp3) is 0.250. The molecule has 4 rings (SSSR count). The van der Waals surface area contributed by atoms with Crippen molar-refractivity contribution in [2.75, 3.05) is 0 Å². The van der Waals surface area contributed by atoms with E-state index in [9.17, 15) is 4.79 Å². The van der Waals surface area contributed by atoms with Crippen LogP contribution in [-0.2, 0) is 15.1 Å². The van der Waals surface area contributed by atoms with Gasteiger partial charge in [-0.1, -0.05) is 60.7 Å². The molecular weight excluding hydrogens is 272 g/mol. The number of benzene rings is 2. The number of hydrogen-bond donors (Lipinski definition) is 0. The van der Waals surface area contributed by atoms with Gasteiger partial charge in [0.25, 0.3) is 0 Å². The Morgan fingerprint density at radius 3 is 1.95 bits per heavy atom. The average molecular weight is 290 g/mol. The van der Waals surface area contributed by atoms with Crippen molar-refractivity contribution >= 4 is 5.78 Å². The molecule has 0 fully saturated rings. The largest absolute Gasteiger partial charge is 0.481 e. The van der Waals surface area contributed by atoms with Crippen molar-refractivity contribution < 1.29 is 9.53 Å². The molecule has 0 aromatic heterocycles. The van der Waals surface area contributed by atoms with Crippen LogP contribution in [0.25, 0.3) is 0 Å². The van der Waals surface area contributed by atoms with Crippen molar-refractivity contribution in [2.45, 2.75) is 31.3 Å². The summed E-state index contributed by atoms with van der Waals surface area (Å²) in [5, 5.41) is 0. The zero-order valence-electron chi connectivity index (χ0n) is 12.4. The summed E-state index contributed by atoms with van der Waals surface area (Å²) in [4.78, 5) is 12.3. The Balaban J connectivity index is 1.85. The van der Waals surface area contributed by atoms with Crippen molar-refractivity contribution in [2.24, 2.45) is 0 Å². The zero-order chi connectivity index (χ0) is 15.0. The van der Waals surface area contributed by atoms with Crippen LogP contribution < -0.4 is 0 Å². The number of ether oxygens (including phenoxy) is 1. The second-order valence-corrected chi connectivity index (χ2v) is 6.02. The van der Waals surface area contributed by atoms with Gasteiger partial charge in [0.2, 0.25) is 0 Å². The molecule has 22 heavy (non-hydrogen) atoms. The van der Waals surface area contributed by atoms with Crippen LogP contribution in [0.2, 0.25) is 0 Å². The van der Waals surface area contributed by atoms with Crippen LogP contribution in [0.4, 0.5) is 0 Å². The lowest BCUT2D eigenvalue weighted by Gasteiger charge is -2.31. The van der Waals surface area contributed by atoms with E-state index in [0.29, 0.717) is 12.8 Å². The maximum Gasteiger partial charge on any atom is 0.163 e. The Labute approximate surface area is 130 Å². The third kappa shape index (κ3) is 1.98. The van der Waals surface area contributed by atoms with Crippen molar-refractivity contribution in [3.63, 3.8) is 0 Å². The summed E-state index contributed by atoms with van der Waals surface area (Å²) in [7, 11) is 0. The molecule has 2 aliphatic rings. The first-order valence-corrected chi connectivity index (χ1v) is 7.85. The van der Waals surface area contributed by atoms with Crippen molar-refractivity contribution in [1.29, 1.82) is 0 Å². The molecule has 0 radical (unpaired) electrons. The van der Waals surface area contributed by atoms with E-state index in [1.54, 1.807) is 0 Å².